The van der Waals surface area contributed by atoms with Crippen LogP contribution >= 0.6 is 15.9 Å². The summed E-state index contributed by atoms with van der Waals surface area (Å²) in [6.45, 7) is 3.50. The maximum absolute atomic E-state index is 11.5. The zero-order valence-electron chi connectivity index (χ0n) is 13.2. The zero-order valence-corrected chi connectivity index (χ0v) is 14.8. The number of carbonyl (C=O) groups excluding carboxylic acids is 1. The van der Waals surface area contributed by atoms with E-state index in [1.54, 1.807) is 25.3 Å². The Balaban J connectivity index is 2.31. The third-order valence-electron chi connectivity index (χ3n) is 3.59. The molecule has 0 heterocycles. The van der Waals surface area contributed by atoms with Crippen LogP contribution in [0.4, 0.5) is 5.69 Å². The van der Waals surface area contributed by atoms with E-state index in [9.17, 15) is 10.1 Å². The van der Waals surface area contributed by atoms with Crippen molar-refractivity contribution in [3.8, 4) is 11.8 Å². The molecule has 118 valence electrons. The van der Waals surface area contributed by atoms with Gasteiger partial charge in [-0.3, -0.25) is 4.79 Å². The van der Waals surface area contributed by atoms with Crippen molar-refractivity contribution < 1.29 is 9.53 Å². The maximum atomic E-state index is 11.5. The molecule has 5 heteroatoms. The van der Waals surface area contributed by atoms with Crippen LogP contribution in [0.2, 0.25) is 0 Å². The Hall–Kier alpha value is -2.32. The predicted molar refractivity (Wildman–Crippen MR) is 93.9 cm³/mol. The molecule has 0 bridgehead atoms. The van der Waals surface area contributed by atoms with Gasteiger partial charge in [-0.1, -0.05) is 6.07 Å². The molecule has 0 amide bonds. The summed E-state index contributed by atoms with van der Waals surface area (Å²) in [6.07, 6.45) is 0. The Morgan fingerprint density at radius 3 is 2.61 bits per heavy atom. The van der Waals surface area contributed by atoms with Crippen molar-refractivity contribution >= 4 is 27.4 Å². The molecule has 2 rings (SSSR count). The summed E-state index contributed by atoms with van der Waals surface area (Å²) in [7, 11) is 1.62. The molecule has 1 N–H and O–H groups in total. The second-order valence-corrected chi connectivity index (χ2v) is 6.04. The number of rotatable bonds is 5. The molecule has 4 nitrogen and oxygen atoms in total. The molecule has 0 saturated carbocycles. The largest absolute Gasteiger partial charge is 0.496 e. The van der Waals surface area contributed by atoms with E-state index >= 15 is 0 Å². The van der Waals surface area contributed by atoms with Crippen molar-refractivity contribution in [3.63, 3.8) is 0 Å². The van der Waals surface area contributed by atoms with E-state index in [1.165, 1.54) is 6.92 Å². The van der Waals surface area contributed by atoms with Crippen LogP contribution < -0.4 is 10.1 Å². The monoisotopic (exact) mass is 372 g/mol. The Bertz CT molecular complexity index is 781. The highest BCUT2D eigenvalue weighted by Crippen LogP contribution is 2.30. The molecule has 2 aromatic carbocycles. The highest BCUT2D eigenvalue weighted by molar-refractivity contribution is 9.10. The molecule has 0 aromatic heterocycles. The van der Waals surface area contributed by atoms with Crippen molar-refractivity contribution in [3.05, 3.63) is 57.6 Å². The molecule has 23 heavy (non-hydrogen) atoms. The van der Waals surface area contributed by atoms with Gasteiger partial charge >= 0.3 is 0 Å². The van der Waals surface area contributed by atoms with E-state index < -0.39 is 0 Å². The molecule has 0 fully saturated rings. The number of Topliss-reactive ketones (excluding diaryl/α,β-unsaturated/α-hetero) is 1. The lowest BCUT2D eigenvalue weighted by Gasteiger charge is -2.18. The summed E-state index contributed by atoms with van der Waals surface area (Å²) in [5.74, 6) is 0.731. The lowest BCUT2D eigenvalue weighted by Crippen LogP contribution is -2.09. The Morgan fingerprint density at radius 2 is 2.04 bits per heavy atom. The minimum Gasteiger partial charge on any atom is -0.496 e. The lowest BCUT2D eigenvalue weighted by molar-refractivity contribution is 0.101. The van der Waals surface area contributed by atoms with E-state index in [-0.39, 0.29) is 11.8 Å². The Labute approximate surface area is 144 Å². The minimum atomic E-state index is -0.0356. The number of halogens is 1. The first-order valence-corrected chi connectivity index (χ1v) is 7.90. The smallest absolute Gasteiger partial charge is 0.159 e. The molecular formula is C18H17BrN2O2. The van der Waals surface area contributed by atoms with E-state index in [0.29, 0.717) is 16.8 Å². The summed E-state index contributed by atoms with van der Waals surface area (Å²) in [4.78, 5) is 11.5. The van der Waals surface area contributed by atoms with Gasteiger partial charge in [0, 0.05) is 11.6 Å². The van der Waals surface area contributed by atoms with Crippen LogP contribution in [-0.4, -0.2) is 12.9 Å². The van der Waals surface area contributed by atoms with Crippen LogP contribution in [-0.2, 0) is 0 Å². The average molecular weight is 373 g/mol. The molecule has 0 aliphatic heterocycles. The van der Waals surface area contributed by atoms with Crippen molar-refractivity contribution in [1.82, 2.24) is 0 Å². The number of benzene rings is 2. The van der Waals surface area contributed by atoms with E-state index in [0.717, 1.165) is 15.8 Å². The van der Waals surface area contributed by atoms with Gasteiger partial charge < -0.3 is 10.1 Å². The van der Waals surface area contributed by atoms with Crippen LogP contribution in [0.5, 0.6) is 5.75 Å². The number of carbonyl (C=O) groups is 1. The topological polar surface area (TPSA) is 62.1 Å². The van der Waals surface area contributed by atoms with Gasteiger partial charge in [-0.15, -0.1) is 0 Å². The number of ether oxygens (including phenoxy) is 1. The van der Waals surface area contributed by atoms with Crippen molar-refractivity contribution in [1.29, 1.82) is 5.26 Å². The second-order valence-electron chi connectivity index (χ2n) is 5.19. The quantitative estimate of drug-likeness (QED) is 0.772. The van der Waals surface area contributed by atoms with Gasteiger partial charge in [0.2, 0.25) is 0 Å². The number of anilines is 1. The number of nitriles is 1. The van der Waals surface area contributed by atoms with Crippen molar-refractivity contribution in [2.24, 2.45) is 0 Å². The minimum absolute atomic E-state index is 0.0302. The standard InChI is InChI=1S/C18H17BrN2O2/c1-11(13-6-7-18(23-3)16(19)8-13)21-17-9-14(12(2)22)4-5-15(17)10-20/h4-9,11,21H,1-3H3. The van der Waals surface area contributed by atoms with Gasteiger partial charge in [0.25, 0.3) is 0 Å². The number of hydrogen-bond donors (Lipinski definition) is 1. The average Bonchev–Trinajstić information content (AvgIpc) is 2.54. The highest BCUT2D eigenvalue weighted by atomic mass is 79.9. The van der Waals surface area contributed by atoms with Crippen LogP contribution in [0.3, 0.4) is 0 Å². The first-order valence-electron chi connectivity index (χ1n) is 7.11. The van der Waals surface area contributed by atoms with E-state index in [4.69, 9.17) is 4.74 Å². The number of nitrogens with one attached hydrogen (secondary N) is 1. The molecule has 0 saturated heterocycles. The van der Waals surface area contributed by atoms with Gasteiger partial charge in [0.15, 0.2) is 5.78 Å². The van der Waals surface area contributed by atoms with Gasteiger partial charge in [-0.25, -0.2) is 0 Å². The fourth-order valence-electron chi connectivity index (χ4n) is 2.25. The van der Waals surface area contributed by atoms with Crippen LogP contribution in [0.15, 0.2) is 40.9 Å². The first-order chi connectivity index (χ1) is 11.0. The number of nitrogens with zero attached hydrogens (tertiary/aromatic N) is 1. The number of ketones is 1. The fraction of sp³-hybridized carbons (Fsp3) is 0.222. The molecule has 0 radical (unpaired) electrons. The summed E-state index contributed by atoms with van der Waals surface area (Å²) < 4.78 is 6.09. The third kappa shape index (κ3) is 3.91. The maximum Gasteiger partial charge on any atom is 0.159 e. The van der Waals surface area contributed by atoms with E-state index in [2.05, 4.69) is 27.3 Å². The molecular weight excluding hydrogens is 356 g/mol. The fourth-order valence-corrected chi connectivity index (χ4v) is 2.81. The molecule has 1 atom stereocenters. The number of hydrogen-bond acceptors (Lipinski definition) is 4. The van der Waals surface area contributed by atoms with Gasteiger partial charge in [-0.05, 0) is 65.7 Å². The van der Waals surface area contributed by atoms with Crippen molar-refractivity contribution in [2.45, 2.75) is 19.9 Å². The van der Waals surface area contributed by atoms with Crippen LogP contribution in [0.25, 0.3) is 0 Å². The first kappa shape index (κ1) is 17.0. The lowest BCUT2D eigenvalue weighted by atomic mass is 10.0. The summed E-state index contributed by atoms with van der Waals surface area (Å²) >= 11 is 3.47. The van der Waals surface area contributed by atoms with Gasteiger partial charge in [0.05, 0.1) is 22.8 Å². The van der Waals surface area contributed by atoms with Crippen LogP contribution in [0, 0.1) is 11.3 Å². The van der Waals surface area contributed by atoms with Gasteiger partial charge in [0.1, 0.15) is 11.8 Å². The molecule has 0 spiro atoms. The molecule has 1 unspecified atom stereocenters. The normalized spacial score (nSPS) is 11.4. The third-order valence-corrected chi connectivity index (χ3v) is 4.21. The summed E-state index contributed by atoms with van der Waals surface area (Å²) in [5, 5.41) is 12.5. The second kappa shape index (κ2) is 7.30. The molecule has 2 aromatic rings. The van der Waals surface area contributed by atoms with Gasteiger partial charge in [-0.2, -0.15) is 5.26 Å². The predicted octanol–water partition coefficient (Wildman–Crippen LogP) is 4.71. The summed E-state index contributed by atoms with van der Waals surface area (Å²) in [6, 6.07) is 13.0. The zero-order chi connectivity index (χ0) is 17.0. The van der Waals surface area contributed by atoms with Crippen molar-refractivity contribution in [2.75, 3.05) is 12.4 Å². The van der Waals surface area contributed by atoms with E-state index in [1.807, 2.05) is 25.1 Å². The molecule has 0 aliphatic carbocycles. The molecule has 0 aliphatic rings. The summed E-state index contributed by atoms with van der Waals surface area (Å²) in [5.41, 5.74) is 2.78. The number of methoxy groups -OCH3 is 1. The SMILES string of the molecule is COc1ccc(C(C)Nc2cc(C(C)=O)ccc2C#N)cc1Br. The Morgan fingerprint density at radius 1 is 1.30 bits per heavy atom. The van der Waals surface area contributed by atoms with Crippen LogP contribution in [0.1, 0.15) is 41.4 Å². The Kier molecular flexibility index (Phi) is 5.41. The highest BCUT2D eigenvalue weighted by Gasteiger charge is 2.12.